The first-order valence-corrected chi connectivity index (χ1v) is 9.96. The highest BCUT2D eigenvalue weighted by molar-refractivity contribution is 7.92. The van der Waals surface area contributed by atoms with E-state index in [1.54, 1.807) is 41.3 Å². The Morgan fingerprint density at radius 2 is 1.58 bits per heavy atom. The van der Waals surface area contributed by atoms with Crippen LogP contribution in [0.15, 0.2) is 59.5 Å². The molecule has 1 fully saturated rings. The fraction of sp³-hybridized carbons (Fsp3) is 0.316. The molecule has 7 heteroatoms. The first kappa shape index (κ1) is 18.4. The molecule has 2 unspecified atom stereocenters. The number of sulfonamides is 1. The summed E-state index contributed by atoms with van der Waals surface area (Å²) in [4.78, 5) is 14.5. The van der Waals surface area contributed by atoms with Crippen molar-refractivity contribution in [2.45, 2.75) is 31.0 Å². The minimum atomic E-state index is -3.69. The number of nitrogens with one attached hydrogen (secondary N) is 1. The van der Waals surface area contributed by atoms with Crippen LogP contribution in [0.25, 0.3) is 0 Å². The lowest BCUT2D eigenvalue weighted by Crippen LogP contribution is -2.48. The first-order valence-electron chi connectivity index (χ1n) is 8.48. The Hall–Kier alpha value is -2.38. The molecule has 6 nitrogen and oxygen atoms in total. The molecule has 1 aliphatic rings. The number of ether oxygens (including phenoxy) is 1. The van der Waals surface area contributed by atoms with Gasteiger partial charge in [-0.1, -0.05) is 18.2 Å². The van der Waals surface area contributed by atoms with Crippen molar-refractivity contribution in [2.75, 3.05) is 17.8 Å². The Balaban J connectivity index is 1.74. The zero-order valence-corrected chi connectivity index (χ0v) is 15.6. The van der Waals surface area contributed by atoms with Crippen molar-refractivity contribution in [1.29, 1.82) is 0 Å². The van der Waals surface area contributed by atoms with Crippen LogP contribution in [0.2, 0.25) is 0 Å². The minimum absolute atomic E-state index is 0.0163. The summed E-state index contributed by atoms with van der Waals surface area (Å²) in [6.07, 6.45) is -0.0325. The number of carbonyl (C=O) groups excluding carboxylic acids is 1. The zero-order valence-electron chi connectivity index (χ0n) is 14.8. The fourth-order valence-corrected chi connectivity index (χ4v) is 4.08. The lowest BCUT2D eigenvalue weighted by molar-refractivity contribution is -0.0586. The van der Waals surface area contributed by atoms with E-state index in [0.29, 0.717) is 24.3 Å². The van der Waals surface area contributed by atoms with E-state index in [1.165, 1.54) is 12.1 Å². The summed E-state index contributed by atoms with van der Waals surface area (Å²) in [5, 5.41) is 0. The standard InChI is InChI=1S/C19H22N2O4S/c1-14-12-21(13-15(2)25-14)19(22)16-8-10-18(11-9-16)26(23,24)20-17-6-4-3-5-7-17/h3-11,14-15,20H,12-13H2,1-2H3. The first-order chi connectivity index (χ1) is 12.3. The minimum Gasteiger partial charge on any atom is -0.372 e. The molecule has 0 aliphatic carbocycles. The van der Waals surface area contributed by atoms with Gasteiger partial charge in [0.15, 0.2) is 0 Å². The third-order valence-corrected chi connectivity index (χ3v) is 5.54. The maximum atomic E-state index is 12.6. The SMILES string of the molecule is CC1CN(C(=O)c2ccc(S(=O)(=O)Nc3ccccc3)cc2)CC(C)O1. The summed E-state index contributed by atoms with van der Waals surface area (Å²) >= 11 is 0. The van der Waals surface area contributed by atoms with Gasteiger partial charge in [0, 0.05) is 24.3 Å². The molecule has 2 atom stereocenters. The highest BCUT2D eigenvalue weighted by Crippen LogP contribution is 2.18. The van der Waals surface area contributed by atoms with Crippen molar-refractivity contribution in [3.8, 4) is 0 Å². The number of hydrogen-bond acceptors (Lipinski definition) is 4. The summed E-state index contributed by atoms with van der Waals surface area (Å²) in [5.41, 5.74) is 0.953. The van der Waals surface area contributed by atoms with E-state index in [2.05, 4.69) is 4.72 Å². The quantitative estimate of drug-likeness (QED) is 0.893. The van der Waals surface area contributed by atoms with Crippen molar-refractivity contribution in [3.05, 3.63) is 60.2 Å². The van der Waals surface area contributed by atoms with E-state index >= 15 is 0 Å². The highest BCUT2D eigenvalue weighted by Gasteiger charge is 2.26. The summed E-state index contributed by atoms with van der Waals surface area (Å²) in [6.45, 7) is 4.92. The summed E-state index contributed by atoms with van der Waals surface area (Å²) in [5.74, 6) is -0.119. The van der Waals surface area contributed by atoms with Crippen LogP contribution in [-0.2, 0) is 14.8 Å². The molecule has 138 valence electrons. The van der Waals surface area contributed by atoms with E-state index in [-0.39, 0.29) is 23.0 Å². The predicted molar refractivity (Wildman–Crippen MR) is 99.6 cm³/mol. The van der Waals surface area contributed by atoms with Crippen LogP contribution in [0.5, 0.6) is 0 Å². The van der Waals surface area contributed by atoms with E-state index in [0.717, 1.165) is 0 Å². The molecule has 2 aromatic carbocycles. The van der Waals surface area contributed by atoms with Crippen LogP contribution < -0.4 is 4.72 Å². The fourth-order valence-electron chi connectivity index (χ4n) is 3.02. The Morgan fingerprint density at radius 3 is 2.15 bits per heavy atom. The molecule has 2 aromatic rings. The van der Waals surface area contributed by atoms with Crippen LogP contribution >= 0.6 is 0 Å². The number of carbonyl (C=O) groups is 1. The Bertz CT molecular complexity index is 856. The molecule has 1 amide bonds. The molecule has 0 saturated carbocycles. The van der Waals surface area contributed by atoms with Gasteiger partial charge in [0.1, 0.15) is 0 Å². The maximum absolute atomic E-state index is 12.6. The summed E-state index contributed by atoms with van der Waals surface area (Å²) < 4.78 is 33.1. The van der Waals surface area contributed by atoms with Crippen molar-refractivity contribution in [2.24, 2.45) is 0 Å². The van der Waals surface area contributed by atoms with Crippen LogP contribution in [0.4, 0.5) is 5.69 Å². The van der Waals surface area contributed by atoms with Gasteiger partial charge < -0.3 is 9.64 Å². The number of hydrogen-bond donors (Lipinski definition) is 1. The number of nitrogens with zero attached hydrogens (tertiary/aromatic N) is 1. The second-order valence-electron chi connectivity index (χ2n) is 6.46. The lowest BCUT2D eigenvalue weighted by atomic mass is 10.1. The zero-order chi connectivity index (χ0) is 18.7. The van der Waals surface area contributed by atoms with E-state index in [4.69, 9.17) is 4.74 Å². The average Bonchev–Trinajstić information content (AvgIpc) is 2.61. The molecule has 0 radical (unpaired) electrons. The number of morpholine rings is 1. The van der Waals surface area contributed by atoms with Crippen LogP contribution in [-0.4, -0.2) is 44.5 Å². The van der Waals surface area contributed by atoms with Gasteiger partial charge in [-0.3, -0.25) is 9.52 Å². The number of amides is 1. The van der Waals surface area contributed by atoms with E-state index < -0.39 is 10.0 Å². The Morgan fingerprint density at radius 1 is 1.00 bits per heavy atom. The topological polar surface area (TPSA) is 75.7 Å². The van der Waals surface area contributed by atoms with Gasteiger partial charge >= 0.3 is 0 Å². The number of anilines is 1. The Kier molecular flexibility index (Phi) is 5.29. The van der Waals surface area contributed by atoms with Crippen LogP contribution in [0.1, 0.15) is 24.2 Å². The van der Waals surface area contributed by atoms with Gasteiger partial charge in [0.2, 0.25) is 0 Å². The highest BCUT2D eigenvalue weighted by atomic mass is 32.2. The molecule has 0 aromatic heterocycles. The molecule has 0 bridgehead atoms. The Labute approximate surface area is 153 Å². The van der Waals surface area contributed by atoms with E-state index in [9.17, 15) is 13.2 Å². The number of benzene rings is 2. The normalized spacial score (nSPS) is 20.6. The summed E-state index contributed by atoms with van der Waals surface area (Å²) in [7, 11) is -3.69. The molecule has 1 N–H and O–H groups in total. The lowest BCUT2D eigenvalue weighted by Gasteiger charge is -2.35. The average molecular weight is 374 g/mol. The smallest absolute Gasteiger partial charge is 0.261 e. The maximum Gasteiger partial charge on any atom is 0.261 e. The molecule has 0 spiro atoms. The molecule has 1 heterocycles. The second kappa shape index (κ2) is 7.47. The number of para-hydroxylation sites is 1. The molecule has 1 aliphatic heterocycles. The van der Waals surface area contributed by atoms with Gasteiger partial charge in [-0.25, -0.2) is 8.42 Å². The monoisotopic (exact) mass is 374 g/mol. The molecular formula is C19H22N2O4S. The van der Waals surface area contributed by atoms with Crippen LogP contribution in [0.3, 0.4) is 0 Å². The van der Waals surface area contributed by atoms with E-state index in [1.807, 2.05) is 19.9 Å². The third kappa shape index (κ3) is 4.23. The molecule has 1 saturated heterocycles. The number of rotatable bonds is 4. The van der Waals surface area contributed by atoms with Gasteiger partial charge in [0.25, 0.3) is 15.9 Å². The second-order valence-corrected chi connectivity index (χ2v) is 8.15. The largest absolute Gasteiger partial charge is 0.372 e. The van der Waals surface area contributed by atoms with Crippen molar-refractivity contribution < 1.29 is 17.9 Å². The van der Waals surface area contributed by atoms with Crippen molar-refractivity contribution in [3.63, 3.8) is 0 Å². The van der Waals surface area contributed by atoms with Crippen molar-refractivity contribution >= 4 is 21.6 Å². The molecule has 3 rings (SSSR count). The van der Waals surface area contributed by atoms with Gasteiger partial charge in [-0.15, -0.1) is 0 Å². The van der Waals surface area contributed by atoms with Gasteiger partial charge in [-0.05, 0) is 50.2 Å². The van der Waals surface area contributed by atoms with Gasteiger partial charge in [0.05, 0.1) is 17.1 Å². The molecule has 26 heavy (non-hydrogen) atoms. The van der Waals surface area contributed by atoms with Gasteiger partial charge in [-0.2, -0.15) is 0 Å². The third-order valence-electron chi connectivity index (χ3n) is 4.14. The van der Waals surface area contributed by atoms with Crippen LogP contribution in [0, 0.1) is 0 Å². The van der Waals surface area contributed by atoms with Crippen molar-refractivity contribution in [1.82, 2.24) is 4.90 Å². The summed E-state index contributed by atoms with van der Waals surface area (Å²) in [6, 6.07) is 14.7. The predicted octanol–water partition coefficient (Wildman–Crippen LogP) is 2.74. The molecular weight excluding hydrogens is 352 g/mol.